The summed E-state index contributed by atoms with van der Waals surface area (Å²) >= 11 is 3.44. The van der Waals surface area contributed by atoms with Crippen LogP contribution < -0.4 is 5.32 Å². The van der Waals surface area contributed by atoms with Crippen molar-refractivity contribution < 1.29 is 4.42 Å². The first kappa shape index (κ1) is 18.6. The van der Waals surface area contributed by atoms with Crippen molar-refractivity contribution in [3.63, 3.8) is 0 Å². The van der Waals surface area contributed by atoms with E-state index in [1.807, 2.05) is 36.4 Å². The fraction of sp³-hybridized carbons (Fsp3) is 0.130. The van der Waals surface area contributed by atoms with Gasteiger partial charge >= 0.3 is 0 Å². The number of hydrogen-bond donors (Lipinski definition) is 1. The summed E-state index contributed by atoms with van der Waals surface area (Å²) < 4.78 is 6.86. The summed E-state index contributed by atoms with van der Waals surface area (Å²) in [7, 11) is 0. The van der Waals surface area contributed by atoms with Gasteiger partial charge in [0, 0.05) is 16.1 Å². The fourth-order valence-electron chi connectivity index (χ4n) is 3.09. The van der Waals surface area contributed by atoms with Crippen LogP contribution in [0.5, 0.6) is 0 Å². The molecule has 0 fully saturated rings. The number of nitrogens with zero attached hydrogens (tertiary/aromatic N) is 2. The second-order valence-corrected chi connectivity index (χ2v) is 7.46. The SMILES string of the molecule is Brc1ccc(-c2nnc(CNC(Cc3ccccc3)c3ccccc3)o2)cc1. The largest absolute Gasteiger partial charge is 0.419 e. The Hall–Kier alpha value is -2.76. The van der Waals surface area contributed by atoms with Crippen LogP contribution in [-0.2, 0) is 13.0 Å². The summed E-state index contributed by atoms with van der Waals surface area (Å²) in [6.07, 6.45) is 0.887. The molecule has 1 atom stereocenters. The smallest absolute Gasteiger partial charge is 0.247 e. The Morgan fingerprint density at radius 2 is 1.50 bits per heavy atom. The fourth-order valence-corrected chi connectivity index (χ4v) is 3.35. The zero-order valence-corrected chi connectivity index (χ0v) is 16.8. The zero-order valence-electron chi connectivity index (χ0n) is 15.3. The molecule has 1 heterocycles. The first-order valence-corrected chi connectivity index (χ1v) is 9.98. The quantitative estimate of drug-likeness (QED) is 0.413. The molecule has 140 valence electrons. The van der Waals surface area contributed by atoms with E-state index in [0.717, 1.165) is 16.5 Å². The highest BCUT2D eigenvalue weighted by molar-refractivity contribution is 9.10. The second kappa shape index (κ2) is 8.95. The molecule has 0 bridgehead atoms. The summed E-state index contributed by atoms with van der Waals surface area (Å²) in [6, 6.07) is 28.9. The van der Waals surface area contributed by atoms with Crippen molar-refractivity contribution in [1.82, 2.24) is 15.5 Å². The Morgan fingerprint density at radius 1 is 0.821 bits per heavy atom. The van der Waals surface area contributed by atoms with E-state index in [1.165, 1.54) is 11.1 Å². The number of aromatic nitrogens is 2. The highest BCUT2D eigenvalue weighted by Crippen LogP contribution is 2.22. The molecule has 0 saturated carbocycles. The van der Waals surface area contributed by atoms with E-state index >= 15 is 0 Å². The van der Waals surface area contributed by atoms with Gasteiger partial charge in [0.15, 0.2) is 0 Å². The Kier molecular flexibility index (Phi) is 5.95. The maximum atomic E-state index is 5.85. The molecule has 3 aromatic carbocycles. The number of hydrogen-bond acceptors (Lipinski definition) is 4. The van der Waals surface area contributed by atoms with Gasteiger partial charge in [0.05, 0.1) is 6.54 Å². The second-order valence-electron chi connectivity index (χ2n) is 6.54. The first-order chi connectivity index (χ1) is 13.8. The molecule has 0 saturated heterocycles. The summed E-state index contributed by atoms with van der Waals surface area (Å²) in [5.74, 6) is 1.11. The van der Waals surface area contributed by atoms with Gasteiger partial charge in [-0.3, -0.25) is 0 Å². The van der Waals surface area contributed by atoms with E-state index in [-0.39, 0.29) is 6.04 Å². The van der Waals surface area contributed by atoms with E-state index in [0.29, 0.717) is 18.3 Å². The third kappa shape index (κ3) is 4.74. The number of benzene rings is 3. The van der Waals surface area contributed by atoms with Gasteiger partial charge < -0.3 is 9.73 Å². The molecule has 28 heavy (non-hydrogen) atoms. The molecule has 0 aliphatic rings. The van der Waals surface area contributed by atoms with Crippen molar-refractivity contribution in [3.8, 4) is 11.5 Å². The lowest BCUT2D eigenvalue weighted by molar-refractivity contribution is 0.441. The van der Waals surface area contributed by atoms with Gasteiger partial charge in [-0.05, 0) is 41.8 Å². The minimum atomic E-state index is 0.159. The molecule has 4 aromatic rings. The van der Waals surface area contributed by atoms with Crippen molar-refractivity contribution >= 4 is 15.9 Å². The highest BCUT2D eigenvalue weighted by atomic mass is 79.9. The van der Waals surface area contributed by atoms with Crippen molar-refractivity contribution in [2.24, 2.45) is 0 Å². The third-order valence-electron chi connectivity index (χ3n) is 4.54. The Morgan fingerprint density at radius 3 is 2.21 bits per heavy atom. The van der Waals surface area contributed by atoms with E-state index < -0.39 is 0 Å². The minimum absolute atomic E-state index is 0.159. The van der Waals surface area contributed by atoms with Crippen molar-refractivity contribution in [2.75, 3.05) is 0 Å². The topological polar surface area (TPSA) is 51.0 Å². The molecule has 0 aliphatic heterocycles. The lowest BCUT2D eigenvalue weighted by Crippen LogP contribution is -2.23. The molecule has 1 unspecified atom stereocenters. The minimum Gasteiger partial charge on any atom is -0.419 e. The first-order valence-electron chi connectivity index (χ1n) is 9.18. The van der Waals surface area contributed by atoms with Crippen molar-refractivity contribution in [1.29, 1.82) is 0 Å². The van der Waals surface area contributed by atoms with Gasteiger partial charge in [0.2, 0.25) is 11.8 Å². The summed E-state index contributed by atoms with van der Waals surface area (Å²) in [6.45, 7) is 0.510. The van der Waals surface area contributed by atoms with E-state index in [1.54, 1.807) is 0 Å². The lowest BCUT2D eigenvalue weighted by Gasteiger charge is -2.18. The molecule has 0 amide bonds. The van der Waals surface area contributed by atoms with Crippen molar-refractivity contribution in [2.45, 2.75) is 19.0 Å². The predicted octanol–water partition coefficient (Wildman–Crippen LogP) is 5.57. The van der Waals surface area contributed by atoms with Gasteiger partial charge in [-0.25, -0.2) is 0 Å². The maximum Gasteiger partial charge on any atom is 0.247 e. The van der Waals surface area contributed by atoms with Gasteiger partial charge in [-0.15, -0.1) is 10.2 Å². The molecule has 4 nitrogen and oxygen atoms in total. The molecule has 5 heteroatoms. The number of halogens is 1. The Bertz CT molecular complexity index is 1000. The normalized spacial score (nSPS) is 12.0. The van der Waals surface area contributed by atoms with Crippen LogP contribution in [0.15, 0.2) is 93.8 Å². The van der Waals surface area contributed by atoms with Gasteiger partial charge in [0.25, 0.3) is 0 Å². The van der Waals surface area contributed by atoms with Crippen LogP contribution in [0.1, 0.15) is 23.1 Å². The maximum absolute atomic E-state index is 5.85. The zero-order chi connectivity index (χ0) is 19.2. The van der Waals surface area contributed by atoms with Crippen molar-refractivity contribution in [3.05, 3.63) is 106 Å². The molecule has 1 aromatic heterocycles. The van der Waals surface area contributed by atoms with Crippen LogP contribution >= 0.6 is 15.9 Å². The molecule has 0 spiro atoms. The van der Waals surface area contributed by atoms with Gasteiger partial charge in [-0.1, -0.05) is 76.6 Å². The molecular formula is C23H20BrN3O. The average Bonchev–Trinajstić information content (AvgIpc) is 3.22. The number of nitrogens with one attached hydrogen (secondary N) is 1. The van der Waals surface area contributed by atoms with Crippen LogP contribution in [0, 0.1) is 0 Å². The van der Waals surface area contributed by atoms with Crippen LogP contribution in [0.25, 0.3) is 11.5 Å². The van der Waals surface area contributed by atoms with Crippen LogP contribution in [0.3, 0.4) is 0 Å². The lowest BCUT2D eigenvalue weighted by atomic mass is 9.99. The standard InChI is InChI=1S/C23H20BrN3O/c24-20-13-11-19(12-14-20)23-27-26-22(28-23)16-25-21(18-9-5-2-6-10-18)15-17-7-3-1-4-8-17/h1-14,21,25H,15-16H2. The molecular weight excluding hydrogens is 414 g/mol. The van der Waals surface area contributed by atoms with Crippen LogP contribution in [-0.4, -0.2) is 10.2 Å². The number of rotatable bonds is 7. The molecule has 4 rings (SSSR count). The summed E-state index contributed by atoms with van der Waals surface area (Å²) in [4.78, 5) is 0. The Balaban J connectivity index is 1.48. The van der Waals surface area contributed by atoms with E-state index in [9.17, 15) is 0 Å². The summed E-state index contributed by atoms with van der Waals surface area (Å²) in [5.41, 5.74) is 3.43. The molecule has 0 radical (unpaired) electrons. The van der Waals surface area contributed by atoms with Gasteiger partial charge in [-0.2, -0.15) is 0 Å². The Labute approximate surface area is 172 Å². The highest BCUT2D eigenvalue weighted by Gasteiger charge is 2.14. The predicted molar refractivity (Wildman–Crippen MR) is 114 cm³/mol. The van der Waals surface area contributed by atoms with Crippen LogP contribution in [0.2, 0.25) is 0 Å². The van der Waals surface area contributed by atoms with Gasteiger partial charge in [0.1, 0.15) is 0 Å². The molecule has 0 aliphatic carbocycles. The van der Waals surface area contributed by atoms with E-state index in [4.69, 9.17) is 4.42 Å². The molecule has 1 N–H and O–H groups in total. The monoisotopic (exact) mass is 433 g/mol. The average molecular weight is 434 g/mol. The third-order valence-corrected chi connectivity index (χ3v) is 5.07. The summed E-state index contributed by atoms with van der Waals surface area (Å²) in [5, 5.41) is 11.9. The van der Waals surface area contributed by atoms with E-state index in [2.05, 4.69) is 80.0 Å². The van der Waals surface area contributed by atoms with Crippen LogP contribution in [0.4, 0.5) is 0 Å².